The fraction of sp³-hybridized carbons (Fsp3) is 0.727. The average Bonchev–Trinajstić information content (AvgIpc) is 2.57. The van der Waals surface area contributed by atoms with Gasteiger partial charge in [0.15, 0.2) is 9.84 Å². The van der Waals surface area contributed by atoms with Gasteiger partial charge in [0.25, 0.3) is 0 Å². The zero-order valence-electron chi connectivity index (χ0n) is 10.1. The van der Waals surface area contributed by atoms with E-state index in [9.17, 15) is 8.42 Å². The second kappa shape index (κ2) is 4.78. The molecule has 96 valence electrons. The Morgan fingerprint density at radius 3 is 2.94 bits per heavy atom. The van der Waals surface area contributed by atoms with Crippen LogP contribution in [0.3, 0.4) is 0 Å². The Bertz CT molecular complexity index is 493. The Kier molecular flexibility index (Phi) is 3.53. The Morgan fingerprint density at radius 2 is 2.35 bits per heavy atom. The van der Waals surface area contributed by atoms with E-state index in [1.54, 1.807) is 4.68 Å². The molecule has 1 atom stereocenters. The third-order valence-corrected chi connectivity index (χ3v) is 5.18. The summed E-state index contributed by atoms with van der Waals surface area (Å²) in [7, 11) is -0.956. The SMILES string of the molecule is Cn1nc(CC2CCCS(=O)(=O)C2)cc1CN. The summed E-state index contributed by atoms with van der Waals surface area (Å²) in [5.74, 6) is 0.871. The van der Waals surface area contributed by atoms with Crippen LogP contribution in [0.5, 0.6) is 0 Å². The van der Waals surface area contributed by atoms with Crippen molar-refractivity contribution in [2.45, 2.75) is 25.8 Å². The topological polar surface area (TPSA) is 78.0 Å². The van der Waals surface area contributed by atoms with Crippen molar-refractivity contribution in [1.82, 2.24) is 9.78 Å². The van der Waals surface area contributed by atoms with Crippen molar-refractivity contribution >= 4 is 9.84 Å². The van der Waals surface area contributed by atoms with E-state index in [1.807, 2.05) is 13.1 Å². The molecule has 1 aromatic rings. The van der Waals surface area contributed by atoms with Crippen molar-refractivity contribution in [2.24, 2.45) is 18.7 Å². The molecule has 2 heterocycles. The number of nitrogens with two attached hydrogens (primary N) is 1. The molecule has 1 unspecified atom stereocenters. The average molecular weight is 257 g/mol. The summed E-state index contributed by atoms with van der Waals surface area (Å²) >= 11 is 0. The first-order valence-corrected chi connectivity index (χ1v) is 7.74. The van der Waals surface area contributed by atoms with Crippen LogP contribution in [0.2, 0.25) is 0 Å². The standard InChI is InChI=1S/C11H19N3O2S/c1-14-11(7-12)6-10(13-14)5-9-3-2-4-17(15,16)8-9/h6,9H,2-5,7-8,12H2,1H3. The Labute approximate surface area is 102 Å². The van der Waals surface area contributed by atoms with Gasteiger partial charge >= 0.3 is 0 Å². The highest BCUT2D eigenvalue weighted by Crippen LogP contribution is 2.22. The van der Waals surface area contributed by atoms with Crippen LogP contribution in [0.1, 0.15) is 24.2 Å². The van der Waals surface area contributed by atoms with Crippen molar-refractivity contribution in [2.75, 3.05) is 11.5 Å². The summed E-state index contributed by atoms with van der Waals surface area (Å²) < 4.78 is 24.8. The largest absolute Gasteiger partial charge is 0.325 e. The molecule has 17 heavy (non-hydrogen) atoms. The zero-order valence-corrected chi connectivity index (χ0v) is 10.9. The molecular formula is C11H19N3O2S. The van der Waals surface area contributed by atoms with Crippen molar-refractivity contribution in [3.05, 3.63) is 17.5 Å². The smallest absolute Gasteiger partial charge is 0.150 e. The summed E-state index contributed by atoms with van der Waals surface area (Å²) in [4.78, 5) is 0. The molecule has 0 bridgehead atoms. The maximum absolute atomic E-state index is 11.5. The summed E-state index contributed by atoms with van der Waals surface area (Å²) in [6.07, 6.45) is 2.50. The third-order valence-electron chi connectivity index (χ3n) is 3.29. The van der Waals surface area contributed by atoms with Crippen molar-refractivity contribution in [1.29, 1.82) is 0 Å². The van der Waals surface area contributed by atoms with Crippen LogP contribution >= 0.6 is 0 Å². The Balaban J connectivity index is 2.05. The first-order chi connectivity index (χ1) is 8.00. The predicted octanol–water partition coefficient (Wildman–Crippen LogP) is 0.246. The Morgan fingerprint density at radius 1 is 1.59 bits per heavy atom. The van der Waals surface area contributed by atoms with Gasteiger partial charge in [0.2, 0.25) is 0 Å². The van der Waals surface area contributed by atoms with E-state index < -0.39 is 9.84 Å². The van der Waals surface area contributed by atoms with Gasteiger partial charge in [-0.2, -0.15) is 5.10 Å². The van der Waals surface area contributed by atoms with Gasteiger partial charge < -0.3 is 5.73 Å². The van der Waals surface area contributed by atoms with E-state index in [4.69, 9.17) is 5.73 Å². The minimum Gasteiger partial charge on any atom is -0.325 e. The molecule has 1 saturated heterocycles. The number of hydrogen-bond acceptors (Lipinski definition) is 4. The first kappa shape index (κ1) is 12.6. The molecule has 0 amide bonds. The lowest BCUT2D eigenvalue weighted by Gasteiger charge is -2.20. The molecular weight excluding hydrogens is 238 g/mol. The van der Waals surface area contributed by atoms with Crippen LogP contribution in [0.25, 0.3) is 0 Å². The lowest BCUT2D eigenvalue weighted by molar-refractivity contribution is 0.478. The maximum atomic E-state index is 11.5. The van der Waals surface area contributed by atoms with Gasteiger partial charge in [-0.1, -0.05) is 0 Å². The molecule has 0 radical (unpaired) electrons. The third kappa shape index (κ3) is 3.07. The maximum Gasteiger partial charge on any atom is 0.150 e. The highest BCUT2D eigenvalue weighted by molar-refractivity contribution is 7.91. The molecule has 1 fully saturated rings. The van der Waals surface area contributed by atoms with E-state index in [1.165, 1.54) is 0 Å². The molecule has 0 aromatic carbocycles. The van der Waals surface area contributed by atoms with Crippen molar-refractivity contribution < 1.29 is 8.42 Å². The number of nitrogens with zero attached hydrogens (tertiary/aromatic N) is 2. The van der Waals surface area contributed by atoms with Gasteiger partial charge in [0, 0.05) is 13.6 Å². The lowest BCUT2D eigenvalue weighted by atomic mass is 9.99. The fourth-order valence-electron chi connectivity index (χ4n) is 2.44. The molecule has 1 aromatic heterocycles. The van der Waals surface area contributed by atoms with Crippen LogP contribution in [0.15, 0.2) is 6.07 Å². The van der Waals surface area contributed by atoms with E-state index >= 15 is 0 Å². The Hall–Kier alpha value is -0.880. The van der Waals surface area contributed by atoms with Gasteiger partial charge in [0.1, 0.15) is 0 Å². The molecule has 0 saturated carbocycles. The molecule has 6 heteroatoms. The van der Waals surface area contributed by atoms with Gasteiger partial charge in [0.05, 0.1) is 22.9 Å². The summed E-state index contributed by atoms with van der Waals surface area (Å²) in [5.41, 5.74) is 7.52. The van der Waals surface area contributed by atoms with Crippen LogP contribution in [-0.4, -0.2) is 29.7 Å². The van der Waals surface area contributed by atoms with Gasteiger partial charge in [-0.15, -0.1) is 0 Å². The molecule has 1 aliphatic rings. The molecule has 0 spiro atoms. The van der Waals surface area contributed by atoms with E-state index in [0.717, 1.165) is 30.7 Å². The van der Waals surface area contributed by atoms with Crippen molar-refractivity contribution in [3.8, 4) is 0 Å². The minimum absolute atomic E-state index is 0.217. The zero-order chi connectivity index (χ0) is 12.5. The van der Waals surface area contributed by atoms with Gasteiger partial charge in [-0.3, -0.25) is 4.68 Å². The summed E-state index contributed by atoms with van der Waals surface area (Å²) in [6.45, 7) is 0.465. The predicted molar refractivity (Wildman–Crippen MR) is 66.2 cm³/mol. The summed E-state index contributed by atoms with van der Waals surface area (Å²) in [5, 5.41) is 4.37. The number of aryl methyl sites for hydroxylation is 1. The van der Waals surface area contributed by atoms with Crippen LogP contribution in [-0.2, 0) is 29.9 Å². The first-order valence-electron chi connectivity index (χ1n) is 5.92. The van der Waals surface area contributed by atoms with Crippen LogP contribution < -0.4 is 5.73 Å². The molecule has 2 rings (SSSR count). The lowest BCUT2D eigenvalue weighted by Crippen LogP contribution is -2.26. The number of sulfone groups is 1. The molecule has 0 aliphatic carbocycles. The number of rotatable bonds is 3. The normalized spacial score (nSPS) is 23.8. The van der Waals surface area contributed by atoms with E-state index in [-0.39, 0.29) is 5.92 Å². The monoisotopic (exact) mass is 257 g/mol. The summed E-state index contributed by atoms with van der Waals surface area (Å²) in [6, 6.07) is 1.97. The van der Waals surface area contributed by atoms with Crippen LogP contribution in [0.4, 0.5) is 0 Å². The number of hydrogen-bond donors (Lipinski definition) is 1. The molecule has 2 N–H and O–H groups in total. The second-order valence-corrected chi connectivity index (χ2v) is 7.01. The van der Waals surface area contributed by atoms with Crippen LogP contribution in [0, 0.1) is 5.92 Å². The van der Waals surface area contributed by atoms with E-state index in [0.29, 0.717) is 18.1 Å². The highest BCUT2D eigenvalue weighted by atomic mass is 32.2. The quantitative estimate of drug-likeness (QED) is 0.841. The van der Waals surface area contributed by atoms with E-state index in [2.05, 4.69) is 5.10 Å². The second-order valence-electron chi connectivity index (χ2n) is 4.78. The highest BCUT2D eigenvalue weighted by Gasteiger charge is 2.25. The number of aromatic nitrogens is 2. The minimum atomic E-state index is -2.82. The van der Waals surface area contributed by atoms with Gasteiger partial charge in [-0.05, 0) is 31.2 Å². The fourth-order valence-corrected chi connectivity index (χ4v) is 4.21. The van der Waals surface area contributed by atoms with Gasteiger partial charge in [-0.25, -0.2) is 8.42 Å². The molecule has 5 nitrogen and oxygen atoms in total. The van der Waals surface area contributed by atoms with Crippen molar-refractivity contribution in [3.63, 3.8) is 0 Å². The molecule has 1 aliphatic heterocycles.